The molecule has 0 aliphatic carbocycles. The lowest BCUT2D eigenvalue weighted by atomic mass is 9.91. The summed E-state index contributed by atoms with van der Waals surface area (Å²) in [5.74, 6) is -0.736. The molecular formula is C27H40O7. The second-order valence-electron chi connectivity index (χ2n) is 10.9. The summed E-state index contributed by atoms with van der Waals surface area (Å²) in [7, 11) is 0. The van der Waals surface area contributed by atoms with E-state index in [0.29, 0.717) is 5.56 Å². The highest BCUT2D eigenvalue weighted by molar-refractivity contribution is 5.88. The highest BCUT2D eigenvalue weighted by Crippen LogP contribution is 2.32. The summed E-state index contributed by atoms with van der Waals surface area (Å²) in [5, 5.41) is 7.94. The first-order valence-corrected chi connectivity index (χ1v) is 11.2. The Kier molecular flexibility index (Phi) is 10.4. The summed E-state index contributed by atoms with van der Waals surface area (Å²) in [5.41, 5.74) is 0.475. The van der Waals surface area contributed by atoms with Gasteiger partial charge < -0.3 is 0 Å². The first-order valence-electron chi connectivity index (χ1n) is 11.2. The zero-order valence-corrected chi connectivity index (χ0v) is 22.1. The van der Waals surface area contributed by atoms with Crippen molar-refractivity contribution in [2.45, 2.75) is 91.6 Å². The Hall–Kier alpha value is -2.29. The lowest BCUT2D eigenvalue weighted by Gasteiger charge is -2.32. The van der Waals surface area contributed by atoms with Gasteiger partial charge in [-0.25, -0.2) is 24.3 Å². The Morgan fingerprint density at radius 1 is 0.618 bits per heavy atom. The summed E-state index contributed by atoms with van der Waals surface area (Å²) < 4.78 is 0. The lowest BCUT2D eigenvalue weighted by Crippen LogP contribution is -2.31. The van der Waals surface area contributed by atoms with Crippen LogP contribution in [0.1, 0.15) is 90.7 Å². The Balaban J connectivity index is 0.000000479. The molecule has 190 valence electrons. The molecule has 0 aliphatic heterocycles. The molecule has 2 aromatic rings. The van der Waals surface area contributed by atoms with Gasteiger partial charge in [0.2, 0.25) is 0 Å². The Morgan fingerprint density at radius 2 is 1.03 bits per heavy atom. The molecule has 2 aromatic carbocycles. The highest BCUT2D eigenvalue weighted by Gasteiger charge is 2.30. The molecule has 2 rings (SSSR count). The fraction of sp³-hybridized carbons (Fsp3) is 0.519. The second-order valence-corrected chi connectivity index (χ2v) is 10.9. The van der Waals surface area contributed by atoms with E-state index in [1.54, 1.807) is 30.3 Å². The van der Waals surface area contributed by atoms with Crippen LogP contribution in [0.25, 0.3) is 0 Å². The number of rotatable bonds is 7. The van der Waals surface area contributed by atoms with E-state index in [4.69, 9.17) is 24.8 Å². The van der Waals surface area contributed by atoms with Gasteiger partial charge in [-0.05, 0) is 98.6 Å². The third-order valence-corrected chi connectivity index (χ3v) is 4.35. The van der Waals surface area contributed by atoms with Crippen LogP contribution in [-0.2, 0) is 35.6 Å². The number of carbonyl (C=O) groups excluding carboxylic acids is 1. The second kappa shape index (κ2) is 11.9. The van der Waals surface area contributed by atoms with Crippen LogP contribution in [0, 0.1) is 0 Å². The van der Waals surface area contributed by atoms with Crippen LogP contribution >= 0.6 is 0 Å². The van der Waals surface area contributed by atoms with Gasteiger partial charge in [-0.1, -0.05) is 36.4 Å². The molecule has 0 bridgehead atoms. The number of hydrogen-bond acceptors (Lipinski definition) is 7. The zero-order valence-electron chi connectivity index (χ0n) is 22.1. The molecule has 7 heteroatoms. The molecule has 0 heterocycles. The van der Waals surface area contributed by atoms with Gasteiger partial charge in [0.15, 0.2) is 0 Å². The van der Waals surface area contributed by atoms with E-state index in [1.807, 2.05) is 87.4 Å². The van der Waals surface area contributed by atoms with E-state index in [-0.39, 0.29) is 11.2 Å². The molecule has 0 aromatic heterocycles. The average Bonchev–Trinajstić information content (AvgIpc) is 2.76. The minimum absolute atomic E-state index is 0.338. The van der Waals surface area contributed by atoms with E-state index in [1.165, 1.54) is 0 Å². The van der Waals surface area contributed by atoms with Gasteiger partial charge in [-0.3, -0.25) is 4.89 Å². The van der Waals surface area contributed by atoms with E-state index in [2.05, 4.69) is 11.0 Å². The molecule has 1 N–H and O–H groups in total. The summed E-state index contributed by atoms with van der Waals surface area (Å²) in [6.45, 7) is 19.7. The predicted molar refractivity (Wildman–Crippen MR) is 131 cm³/mol. The third-order valence-electron chi connectivity index (χ3n) is 4.35. The van der Waals surface area contributed by atoms with Crippen LogP contribution in [0.4, 0.5) is 0 Å². The quantitative estimate of drug-likeness (QED) is 0.341. The molecular weight excluding hydrogens is 436 g/mol. The summed E-state index contributed by atoms with van der Waals surface area (Å²) >= 11 is 0. The van der Waals surface area contributed by atoms with Gasteiger partial charge in [0.25, 0.3) is 0 Å². The molecule has 0 amide bonds. The van der Waals surface area contributed by atoms with Crippen molar-refractivity contribution in [3.63, 3.8) is 0 Å². The zero-order chi connectivity index (χ0) is 26.2. The largest absolute Gasteiger partial charge is 0.372 e. The molecule has 0 radical (unpaired) electrons. The van der Waals surface area contributed by atoms with Crippen LogP contribution in [-0.4, -0.2) is 22.4 Å². The van der Waals surface area contributed by atoms with Crippen molar-refractivity contribution in [1.29, 1.82) is 0 Å². The van der Waals surface area contributed by atoms with E-state index < -0.39 is 17.2 Å². The van der Waals surface area contributed by atoms with Crippen molar-refractivity contribution in [2.75, 3.05) is 0 Å². The molecule has 0 spiro atoms. The van der Waals surface area contributed by atoms with Gasteiger partial charge in [0, 0.05) is 0 Å². The van der Waals surface area contributed by atoms with Crippen molar-refractivity contribution in [2.24, 2.45) is 0 Å². The van der Waals surface area contributed by atoms with Crippen LogP contribution in [0.15, 0.2) is 54.6 Å². The van der Waals surface area contributed by atoms with E-state index >= 15 is 0 Å². The number of carbonyl (C=O) groups is 1. The van der Waals surface area contributed by atoms with Crippen molar-refractivity contribution in [3.8, 4) is 0 Å². The summed E-state index contributed by atoms with van der Waals surface area (Å²) in [6, 6.07) is 16.4. The topological polar surface area (TPSA) is 83.5 Å². The van der Waals surface area contributed by atoms with Gasteiger partial charge in [-0.2, -0.15) is 5.26 Å². The van der Waals surface area contributed by atoms with Gasteiger partial charge in [0.05, 0.1) is 16.8 Å². The van der Waals surface area contributed by atoms with Gasteiger partial charge in [-0.15, -0.1) is 0 Å². The monoisotopic (exact) mass is 476 g/mol. The first-order chi connectivity index (χ1) is 15.5. The van der Waals surface area contributed by atoms with Crippen LogP contribution in [0.3, 0.4) is 0 Å². The molecule has 7 nitrogen and oxygen atoms in total. The fourth-order valence-corrected chi connectivity index (χ4v) is 2.45. The maximum atomic E-state index is 10.5. The Morgan fingerprint density at radius 3 is 1.38 bits per heavy atom. The summed E-state index contributed by atoms with van der Waals surface area (Å²) in [4.78, 5) is 36.4. The summed E-state index contributed by atoms with van der Waals surface area (Å²) in [6.07, 6.45) is 0. The maximum absolute atomic E-state index is 10.5. The molecule has 0 saturated carbocycles. The van der Waals surface area contributed by atoms with Crippen molar-refractivity contribution >= 4 is 5.97 Å². The molecule has 0 atom stereocenters. The molecule has 0 fully saturated rings. The Bertz CT molecular complexity index is 846. The van der Waals surface area contributed by atoms with Gasteiger partial charge in [0.1, 0.15) is 11.2 Å². The van der Waals surface area contributed by atoms with E-state index in [9.17, 15) is 4.79 Å². The third kappa shape index (κ3) is 10.8. The minimum atomic E-state index is -0.736. The lowest BCUT2D eigenvalue weighted by molar-refractivity contribution is -0.403. The normalized spacial score (nSPS) is 12.6. The Labute approximate surface area is 203 Å². The predicted octanol–water partition coefficient (Wildman–Crippen LogP) is 6.97. The smallest absolute Gasteiger partial charge is 0.296 e. The fourth-order valence-electron chi connectivity index (χ4n) is 2.45. The highest BCUT2D eigenvalue weighted by atomic mass is 17.2. The van der Waals surface area contributed by atoms with Crippen LogP contribution in [0.2, 0.25) is 0 Å². The number of hydrogen-bond donors (Lipinski definition) is 1. The SMILES string of the molecule is CC(C)(C)OOC(C)(C)c1cccc(C(C)(C)OOC(C)(C)C)c1.O=C(OO)c1ccccc1. The molecule has 34 heavy (non-hydrogen) atoms. The minimum Gasteiger partial charge on any atom is -0.296 e. The first kappa shape index (κ1) is 29.7. The number of benzene rings is 2. The maximum Gasteiger partial charge on any atom is 0.372 e. The molecule has 0 saturated heterocycles. The van der Waals surface area contributed by atoms with Crippen molar-refractivity contribution in [1.82, 2.24) is 0 Å². The molecule has 0 unspecified atom stereocenters. The van der Waals surface area contributed by atoms with Crippen LogP contribution in [0.5, 0.6) is 0 Å². The van der Waals surface area contributed by atoms with Crippen LogP contribution < -0.4 is 0 Å². The van der Waals surface area contributed by atoms with Crippen molar-refractivity contribution in [3.05, 3.63) is 71.3 Å². The standard InChI is InChI=1S/C20H34O4.C7H6O3/c1-17(2,3)21-23-19(7,8)15-12-11-13-16(14-15)20(9,10)24-22-18(4,5)6;8-7(10-9)6-4-2-1-3-5-6/h11-14H,1-10H3;1-5,9H. The molecule has 0 aliphatic rings. The van der Waals surface area contributed by atoms with E-state index in [0.717, 1.165) is 11.1 Å². The van der Waals surface area contributed by atoms with Gasteiger partial charge >= 0.3 is 5.97 Å². The van der Waals surface area contributed by atoms with Crippen molar-refractivity contribution < 1.29 is 34.5 Å². The average molecular weight is 477 g/mol.